The van der Waals surface area contributed by atoms with Gasteiger partial charge in [-0.2, -0.15) is 0 Å². The van der Waals surface area contributed by atoms with Crippen molar-refractivity contribution in [3.8, 4) is 0 Å². The number of thiophene rings is 1. The molecular formula is C21H24N2O5S. The summed E-state index contributed by atoms with van der Waals surface area (Å²) in [5.41, 5.74) is 1.62. The Balaban J connectivity index is 1.91. The first kappa shape index (κ1) is 21.0. The van der Waals surface area contributed by atoms with Gasteiger partial charge in [-0.15, -0.1) is 11.3 Å². The molecule has 0 unspecified atom stereocenters. The second kappa shape index (κ2) is 9.19. The Morgan fingerprint density at radius 1 is 1.14 bits per heavy atom. The number of carbonyl (C=O) groups excluding carboxylic acids is 3. The van der Waals surface area contributed by atoms with E-state index < -0.39 is 12.1 Å². The molecule has 1 atom stereocenters. The molecular weight excluding hydrogens is 392 g/mol. The lowest BCUT2D eigenvalue weighted by Crippen LogP contribution is -2.44. The Morgan fingerprint density at radius 2 is 1.79 bits per heavy atom. The lowest BCUT2D eigenvalue weighted by molar-refractivity contribution is -0.145. The monoisotopic (exact) mass is 416 g/mol. The third-order valence-corrected chi connectivity index (χ3v) is 5.88. The van der Waals surface area contributed by atoms with Crippen LogP contribution >= 0.6 is 11.3 Å². The quantitative estimate of drug-likeness (QED) is 0.757. The third-order valence-electron chi connectivity index (χ3n) is 4.75. The number of benzene rings is 1. The van der Waals surface area contributed by atoms with Crippen molar-refractivity contribution >= 4 is 34.1 Å². The molecule has 7 nitrogen and oxygen atoms in total. The lowest BCUT2D eigenvalue weighted by atomic mass is 10.1. The molecule has 2 aromatic rings. The molecule has 29 heavy (non-hydrogen) atoms. The molecule has 154 valence electrons. The predicted molar refractivity (Wildman–Crippen MR) is 110 cm³/mol. The standard InChI is InChI=1S/C21H24N2O5S/c1-13-14(2)29-19(22-15(3)24)17(13)21(26)28-18(16-7-5-4-6-8-16)20(25)23-9-11-27-12-10-23/h4-8,18H,9-12H2,1-3H3,(H,22,24)/t18-/m0/s1. The predicted octanol–water partition coefficient (Wildman–Crippen LogP) is 3.08. The molecule has 8 heteroatoms. The minimum atomic E-state index is -1.06. The van der Waals surface area contributed by atoms with Gasteiger partial charge in [0.2, 0.25) is 12.0 Å². The highest BCUT2D eigenvalue weighted by Crippen LogP contribution is 2.34. The van der Waals surface area contributed by atoms with Crippen LogP contribution in [-0.4, -0.2) is 49.0 Å². The Kier molecular flexibility index (Phi) is 6.66. The molecule has 0 saturated carbocycles. The van der Waals surface area contributed by atoms with E-state index in [1.165, 1.54) is 18.3 Å². The molecule has 1 N–H and O–H groups in total. The van der Waals surface area contributed by atoms with Crippen molar-refractivity contribution in [2.75, 3.05) is 31.6 Å². The van der Waals surface area contributed by atoms with Crippen LogP contribution in [0.1, 0.15) is 39.4 Å². The largest absolute Gasteiger partial charge is 0.444 e. The summed E-state index contributed by atoms with van der Waals surface area (Å²) in [5.74, 6) is -1.19. The number of rotatable bonds is 5. The highest BCUT2D eigenvalue weighted by Gasteiger charge is 2.32. The number of ether oxygens (including phenoxy) is 2. The zero-order valence-electron chi connectivity index (χ0n) is 16.7. The number of hydrogen-bond donors (Lipinski definition) is 1. The van der Waals surface area contributed by atoms with Gasteiger partial charge in [-0.05, 0) is 19.4 Å². The van der Waals surface area contributed by atoms with Crippen molar-refractivity contribution in [3.05, 3.63) is 51.9 Å². The Morgan fingerprint density at radius 3 is 2.41 bits per heavy atom. The van der Waals surface area contributed by atoms with E-state index in [0.717, 1.165) is 10.4 Å². The van der Waals surface area contributed by atoms with Crippen LogP contribution in [0.3, 0.4) is 0 Å². The minimum Gasteiger partial charge on any atom is -0.444 e. The normalized spacial score (nSPS) is 14.9. The second-order valence-electron chi connectivity index (χ2n) is 6.80. The molecule has 2 heterocycles. The fourth-order valence-corrected chi connectivity index (χ4v) is 4.22. The number of amides is 2. The van der Waals surface area contributed by atoms with Crippen LogP contribution in [0.4, 0.5) is 5.00 Å². The Hall–Kier alpha value is -2.71. The van der Waals surface area contributed by atoms with Crippen molar-refractivity contribution in [1.29, 1.82) is 0 Å². The Labute approximate surface area is 173 Å². The van der Waals surface area contributed by atoms with Gasteiger partial charge in [0.05, 0.1) is 18.8 Å². The van der Waals surface area contributed by atoms with Gasteiger partial charge >= 0.3 is 5.97 Å². The van der Waals surface area contributed by atoms with E-state index in [9.17, 15) is 14.4 Å². The molecule has 1 aromatic heterocycles. The summed E-state index contributed by atoms with van der Waals surface area (Å²) < 4.78 is 11.1. The van der Waals surface area contributed by atoms with Crippen molar-refractivity contribution in [2.45, 2.75) is 26.9 Å². The zero-order chi connectivity index (χ0) is 21.0. The Bertz CT molecular complexity index is 903. The molecule has 2 amide bonds. The second-order valence-corrected chi connectivity index (χ2v) is 8.03. The molecule has 1 aliphatic heterocycles. The van der Waals surface area contributed by atoms with Gasteiger partial charge < -0.3 is 19.7 Å². The van der Waals surface area contributed by atoms with Crippen molar-refractivity contribution < 1.29 is 23.9 Å². The van der Waals surface area contributed by atoms with Gasteiger partial charge in [0.1, 0.15) is 5.00 Å². The summed E-state index contributed by atoms with van der Waals surface area (Å²) in [5, 5.41) is 3.12. The zero-order valence-corrected chi connectivity index (χ0v) is 17.5. The fraction of sp³-hybridized carbons (Fsp3) is 0.381. The number of aryl methyl sites for hydroxylation is 1. The van der Waals surface area contributed by atoms with Crippen LogP contribution in [0.2, 0.25) is 0 Å². The number of esters is 1. The molecule has 1 saturated heterocycles. The number of carbonyl (C=O) groups is 3. The minimum absolute atomic E-state index is 0.274. The number of nitrogens with one attached hydrogen (secondary N) is 1. The van der Waals surface area contributed by atoms with Crippen LogP contribution in [0.25, 0.3) is 0 Å². The summed E-state index contributed by atoms with van der Waals surface area (Å²) in [6.45, 7) is 6.87. The van der Waals surface area contributed by atoms with Gasteiger partial charge in [0.25, 0.3) is 5.91 Å². The summed E-state index contributed by atoms with van der Waals surface area (Å²) in [7, 11) is 0. The molecule has 0 bridgehead atoms. The van der Waals surface area contributed by atoms with Gasteiger partial charge in [-0.25, -0.2) is 4.79 Å². The first-order valence-electron chi connectivity index (χ1n) is 9.38. The number of hydrogen-bond acceptors (Lipinski definition) is 6. The molecule has 0 radical (unpaired) electrons. The molecule has 1 aromatic carbocycles. The molecule has 1 aliphatic rings. The summed E-state index contributed by atoms with van der Waals surface area (Å²) in [4.78, 5) is 40.3. The SMILES string of the molecule is CC(=O)Nc1sc(C)c(C)c1C(=O)O[C@H](C(=O)N1CCOCC1)c1ccccc1. The van der Waals surface area contributed by atoms with Crippen LogP contribution in [-0.2, 0) is 19.1 Å². The first-order chi connectivity index (χ1) is 13.9. The summed E-state index contributed by atoms with van der Waals surface area (Å²) in [6, 6.07) is 8.95. The average molecular weight is 416 g/mol. The van der Waals surface area contributed by atoms with Crippen LogP contribution in [0.15, 0.2) is 30.3 Å². The number of anilines is 1. The third kappa shape index (κ3) is 4.83. The highest BCUT2D eigenvalue weighted by atomic mass is 32.1. The summed E-state index contributed by atoms with van der Waals surface area (Å²) >= 11 is 1.31. The highest BCUT2D eigenvalue weighted by molar-refractivity contribution is 7.16. The maximum Gasteiger partial charge on any atom is 0.342 e. The van der Waals surface area contributed by atoms with E-state index in [4.69, 9.17) is 9.47 Å². The van der Waals surface area contributed by atoms with E-state index in [0.29, 0.717) is 42.4 Å². The van der Waals surface area contributed by atoms with E-state index in [-0.39, 0.29) is 11.8 Å². The van der Waals surface area contributed by atoms with E-state index >= 15 is 0 Å². The van der Waals surface area contributed by atoms with Gasteiger partial charge in [0.15, 0.2) is 0 Å². The lowest BCUT2D eigenvalue weighted by Gasteiger charge is -2.30. The maximum atomic E-state index is 13.1. The molecule has 1 fully saturated rings. The van der Waals surface area contributed by atoms with Crippen molar-refractivity contribution in [3.63, 3.8) is 0 Å². The van der Waals surface area contributed by atoms with Gasteiger partial charge in [0, 0.05) is 30.5 Å². The van der Waals surface area contributed by atoms with E-state index in [2.05, 4.69) is 5.32 Å². The number of morpholine rings is 1. The van der Waals surface area contributed by atoms with Gasteiger partial charge in [-0.1, -0.05) is 30.3 Å². The van der Waals surface area contributed by atoms with Gasteiger partial charge in [-0.3, -0.25) is 9.59 Å². The molecule has 0 aliphatic carbocycles. The average Bonchev–Trinajstić information content (AvgIpc) is 2.99. The fourth-order valence-electron chi connectivity index (χ4n) is 3.13. The maximum absolute atomic E-state index is 13.1. The van der Waals surface area contributed by atoms with Crippen molar-refractivity contribution in [2.24, 2.45) is 0 Å². The first-order valence-corrected chi connectivity index (χ1v) is 10.2. The molecule has 3 rings (SSSR count). The van der Waals surface area contributed by atoms with E-state index in [1.807, 2.05) is 13.0 Å². The van der Waals surface area contributed by atoms with Crippen LogP contribution in [0.5, 0.6) is 0 Å². The van der Waals surface area contributed by atoms with Crippen LogP contribution < -0.4 is 5.32 Å². The number of nitrogens with zero attached hydrogens (tertiary/aromatic N) is 1. The smallest absolute Gasteiger partial charge is 0.342 e. The van der Waals surface area contributed by atoms with Crippen LogP contribution in [0, 0.1) is 13.8 Å². The van der Waals surface area contributed by atoms with E-state index in [1.54, 1.807) is 36.1 Å². The molecule has 0 spiro atoms. The topological polar surface area (TPSA) is 84.9 Å². The summed E-state index contributed by atoms with van der Waals surface area (Å²) in [6.07, 6.45) is -1.06. The van der Waals surface area contributed by atoms with Crippen molar-refractivity contribution in [1.82, 2.24) is 4.90 Å².